The van der Waals surface area contributed by atoms with Gasteiger partial charge in [-0.3, -0.25) is 9.59 Å². The highest BCUT2D eigenvalue weighted by molar-refractivity contribution is 7.98. The maximum atomic E-state index is 12.7. The fraction of sp³-hybridized carbons (Fsp3) is 0.421. The van der Waals surface area contributed by atoms with Crippen LogP contribution in [0.25, 0.3) is 0 Å². The average Bonchev–Trinajstić information content (AvgIpc) is 2.64. The molecule has 132 valence electrons. The van der Waals surface area contributed by atoms with Crippen LogP contribution < -0.4 is 10.5 Å². The Labute approximate surface area is 152 Å². The van der Waals surface area contributed by atoms with Gasteiger partial charge in [0.1, 0.15) is 5.78 Å². The van der Waals surface area contributed by atoms with Crippen molar-refractivity contribution in [3.63, 3.8) is 0 Å². The smallest absolute Gasteiger partial charge is 0.293 e. The van der Waals surface area contributed by atoms with Crippen molar-refractivity contribution in [3.05, 3.63) is 52.6 Å². The van der Waals surface area contributed by atoms with Crippen LogP contribution in [0.4, 0.5) is 5.82 Å². The van der Waals surface area contributed by atoms with Gasteiger partial charge < -0.3 is 9.47 Å². The molecule has 0 radical (unpaired) electrons. The Balaban J connectivity index is 1.63. The maximum absolute atomic E-state index is 12.7. The third-order valence-corrected chi connectivity index (χ3v) is 5.64. The predicted molar refractivity (Wildman–Crippen MR) is 101 cm³/mol. The largest absolute Gasteiger partial charge is 0.352 e. The van der Waals surface area contributed by atoms with Crippen molar-refractivity contribution in [2.45, 2.75) is 24.2 Å². The van der Waals surface area contributed by atoms with Gasteiger partial charge in [0.15, 0.2) is 5.82 Å². The fourth-order valence-corrected chi connectivity index (χ4v) is 3.91. The van der Waals surface area contributed by atoms with Crippen LogP contribution in [-0.4, -0.2) is 34.7 Å². The van der Waals surface area contributed by atoms with Gasteiger partial charge in [-0.25, -0.2) is 4.98 Å². The van der Waals surface area contributed by atoms with E-state index in [-0.39, 0.29) is 11.5 Å². The first-order valence-corrected chi connectivity index (χ1v) is 9.74. The Morgan fingerprint density at radius 2 is 2.00 bits per heavy atom. The molecule has 0 unspecified atom stereocenters. The van der Waals surface area contributed by atoms with Crippen molar-refractivity contribution in [2.24, 2.45) is 13.0 Å². The molecule has 0 saturated carbocycles. The number of carbonyl (C=O) groups is 1. The zero-order valence-electron chi connectivity index (χ0n) is 14.6. The van der Waals surface area contributed by atoms with E-state index in [0.29, 0.717) is 31.1 Å². The second-order valence-corrected chi connectivity index (χ2v) is 7.23. The Kier molecular flexibility index (Phi) is 5.58. The van der Waals surface area contributed by atoms with E-state index >= 15 is 0 Å². The van der Waals surface area contributed by atoms with E-state index in [1.807, 2.05) is 29.4 Å². The summed E-state index contributed by atoms with van der Waals surface area (Å²) in [7, 11) is 1.73. The van der Waals surface area contributed by atoms with Crippen LogP contribution in [0.2, 0.25) is 0 Å². The first-order chi connectivity index (χ1) is 12.1. The van der Waals surface area contributed by atoms with Crippen LogP contribution in [0.3, 0.4) is 0 Å². The normalized spacial score (nSPS) is 15.4. The van der Waals surface area contributed by atoms with Gasteiger partial charge >= 0.3 is 0 Å². The zero-order chi connectivity index (χ0) is 17.8. The maximum Gasteiger partial charge on any atom is 0.293 e. The fourth-order valence-electron chi connectivity index (χ4n) is 3.30. The lowest BCUT2D eigenvalue weighted by molar-refractivity contribution is -0.122. The van der Waals surface area contributed by atoms with E-state index in [2.05, 4.69) is 11.1 Å². The molecule has 25 heavy (non-hydrogen) atoms. The monoisotopic (exact) mass is 357 g/mol. The molecule has 2 heterocycles. The molecule has 2 aromatic rings. The molecular formula is C19H23N3O2S. The molecular weight excluding hydrogens is 334 g/mol. The van der Waals surface area contributed by atoms with Crippen LogP contribution in [0.1, 0.15) is 18.4 Å². The number of carbonyl (C=O) groups excluding carboxylic acids is 1. The lowest BCUT2D eigenvalue weighted by atomic mass is 9.89. The SMILES string of the molecule is CSc1ccccc1CC(=O)C1CCN(c2nccn(C)c2=O)CC1. The number of rotatable bonds is 5. The molecule has 0 atom stereocenters. The standard InChI is InChI=1S/C19H23N3O2S/c1-21-12-9-20-18(19(21)24)22-10-7-14(8-11-22)16(23)13-15-5-3-4-6-17(15)25-2/h3-6,9,12,14H,7-8,10-11,13H2,1-2H3. The Bertz CT molecular complexity index is 810. The summed E-state index contributed by atoms with van der Waals surface area (Å²) in [5, 5.41) is 0. The van der Waals surface area contributed by atoms with Crippen molar-refractivity contribution in [1.82, 2.24) is 9.55 Å². The van der Waals surface area contributed by atoms with Crippen LogP contribution in [0.15, 0.2) is 46.3 Å². The molecule has 0 N–H and O–H groups in total. The van der Waals surface area contributed by atoms with Crippen LogP contribution in [-0.2, 0) is 18.3 Å². The van der Waals surface area contributed by atoms with Crippen molar-refractivity contribution in [1.29, 1.82) is 0 Å². The number of aromatic nitrogens is 2. The summed E-state index contributed by atoms with van der Waals surface area (Å²) in [4.78, 5) is 32.3. The van der Waals surface area contributed by atoms with E-state index < -0.39 is 0 Å². The van der Waals surface area contributed by atoms with Gasteiger partial charge in [-0.15, -0.1) is 11.8 Å². The number of hydrogen-bond acceptors (Lipinski definition) is 5. The Hall–Kier alpha value is -2.08. The molecule has 1 aliphatic heterocycles. The van der Waals surface area contributed by atoms with Gasteiger partial charge in [0.05, 0.1) is 0 Å². The minimum atomic E-state index is -0.0822. The second-order valence-electron chi connectivity index (χ2n) is 6.38. The lowest BCUT2D eigenvalue weighted by Gasteiger charge is -2.31. The molecule has 0 bridgehead atoms. The number of aryl methyl sites for hydroxylation is 1. The molecule has 1 aromatic heterocycles. The summed E-state index contributed by atoms with van der Waals surface area (Å²) in [5.74, 6) is 0.859. The number of benzene rings is 1. The predicted octanol–water partition coefficient (Wildman–Crippen LogP) is 2.53. The average molecular weight is 357 g/mol. The summed E-state index contributed by atoms with van der Waals surface area (Å²) in [6.45, 7) is 1.40. The van der Waals surface area contributed by atoms with Gasteiger partial charge in [0.2, 0.25) is 0 Å². The molecule has 0 spiro atoms. The van der Waals surface area contributed by atoms with Crippen LogP contribution in [0, 0.1) is 5.92 Å². The van der Waals surface area contributed by atoms with Crippen molar-refractivity contribution in [3.8, 4) is 0 Å². The summed E-state index contributed by atoms with van der Waals surface area (Å²) >= 11 is 1.68. The van der Waals surface area contributed by atoms with Crippen LogP contribution >= 0.6 is 11.8 Å². The van der Waals surface area contributed by atoms with Gasteiger partial charge in [-0.2, -0.15) is 0 Å². The quantitative estimate of drug-likeness (QED) is 0.770. The molecule has 0 aliphatic carbocycles. The first kappa shape index (κ1) is 17.7. The van der Waals surface area contributed by atoms with Gasteiger partial charge in [0, 0.05) is 49.8 Å². The van der Waals surface area contributed by atoms with E-state index in [9.17, 15) is 9.59 Å². The van der Waals surface area contributed by atoms with Gasteiger partial charge in [-0.05, 0) is 30.7 Å². The number of thioether (sulfide) groups is 1. The third kappa shape index (κ3) is 3.95. The molecule has 6 heteroatoms. The Morgan fingerprint density at radius 3 is 2.72 bits per heavy atom. The van der Waals surface area contributed by atoms with E-state index in [0.717, 1.165) is 18.4 Å². The first-order valence-electron chi connectivity index (χ1n) is 8.51. The molecule has 1 aromatic carbocycles. The number of piperidine rings is 1. The zero-order valence-corrected chi connectivity index (χ0v) is 15.5. The van der Waals surface area contributed by atoms with E-state index in [4.69, 9.17) is 0 Å². The molecule has 1 aliphatic rings. The topological polar surface area (TPSA) is 55.2 Å². The summed E-state index contributed by atoms with van der Waals surface area (Å²) < 4.78 is 1.54. The molecule has 0 amide bonds. The number of anilines is 1. The van der Waals surface area contributed by atoms with Gasteiger partial charge in [0.25, 0.3) is 5.56 Å². The summed E-state index contributed by atoms with van der Waals surface area (Å²) in [5.41, 5.74) is 1.03. The van der Waals surface area contributed by atoms with Gasteiger partial charge in [-0.1, -0.05) is 18.2 Å². The van der Waals surface area contributed by atoms with E-state index in [1.165, 1.54) is 4.90 Å². The van der Waals surface area contributed by atoms with Crippen molar-refractivity contribution < 1.29 is 4.79 Å². The molecule has 1 fully saturated rings. The van der Waals surface area contributed by atoms with Crippen molar-refractivity contribution in [2.75, 3.05) is 24.2 Å². The highest BCUT2D eigenvalue weighted by atomic mass is 32.2. The number of nitrogens with zero attached hydrogens (tertiary/aromatic N) is 3. The highest BCUT2D eigenvalue weighted by Gasteiger charge is 2.27. The lowest BCUT2D eigenvalue weighted by Crippen LogP contribution is -2.40. The molecule has 3 rings (SSSR count). The summed E-state index contributed by atoms with van der Waals surface area (Å²) in [6, 6.07) is 8.09. The van der Waals surface area contributed by atoms with E-state index in [1.54, 1.807) is 35.8 Å². The second kappa shape index (κ2) is 7.87. The molecule has 5 nitrogen and oxygen atoms in total. The Morgan fingerprint density at radius 1 is 1.28 bits per heavy atom. The number of Topliss-reactive ketones (excluding diaryl/α,β-unsaturated/α-hetero) is 1. The molecule has 1 saturated heterocycles. The number of ketones is 1. The minimum Gasteiger partial charge on any atom is -0.352 e. The third-order valence-electron chi connectivity index (χ3n) is 4.81. The minimum absolute atomic E-state index is 0.0683. The van der Waals surface area contributed by atoms with Crippen LogP contribution in [0.5, 0.6) is 0 Å². The van der Waals surface area contributed by atoms with Crippen molar-refractivity contribution >= 4 is 23.4 Å². The highest BCUT2D eigenvalue weighted by Crippen LogP contribution is 2.25. The summed E-state index contributed by atoms with van der Waals surface area (Å²) in [6.07, 6.45) is 7.39. The number of hydrogen-bond donors (Lipinski definition) is 0.